The zero-order valence-electron chi connectivity index (χ0n) is 20.3. The highest BCUT2D eigenvalue weighted by atomic mass is 16.5. The molecule has 1 saturated heterocycles. The number of carbonyl (C=O) groups is 2. The van der Waals surface area contributed by atoms with Gasteiger partial charge in [0.2, 0.25) is 0 Å². The number of aromatic nitrogens is 2. The normalized spacial score (nSPS) is 17.4. The Morgan fingerprint density at radius 1 is 1.09 bits per heavy atom. The van der Waals surface area contributed by atoms with Crippen molar-refractivity contribution < 1.29 is 28.9 Å². The average Bonchev–Trinajstić information content (AvgIpc) is 3.31. The van der Waals surface area contributed by atoms with Crippen LogP contribution in [0.4, 0.5) is 0 Å². The Hall–Kier alpha value is -3.85. The predicted octanol–water partition coefficient (Wildman–Crippen LogP) is 3.51. The summed E-state index contributed by atoms with van der Waals surface area (Å²) < 4.78 is 18.3. The number of carbonyl (C=O) groups excluding carboxylic acids is 2. The largest absolute Gasteiger partial charge is 0.505 e. The fourth-order valence-corrected chi connectivity index (χ4v) is 4.41. The summed E-state index contributed by atoms with van der Waals surface area (Å²) in [6.07, 6.45) is 1.75. The Kier molecular flexibility index (Phi) is 7.07. The number of ether oxygens (including phenoxy) is 3. The van der Waals surface area contributed by atoms with Gasteiger partial charge in [-0.1, -0.05) is 12.1 Å². The van der Waals surface area contributed by atoms with Crippen LogP contribution in [0.15, 0.2) is 48.2 Å². The van der Waals surface area contributed by atoms with Gasteiger partial charge in [-0.25, -0.2) is 4.98 Å². The number of hydrogen-bond acceptors (Lipinski definition) is 7. The number of aliphatic hydroxyl groups excluding tert-OH is 1. The first-order valence-electron chi connectivity index (χ1n) is 11.5. The Morgan fingerprint density at radius 2 is 1.83 bits per heavy atom. The molecule has 35 heavy (non-hydrogen) atoms. The maximum Gasteiger partial charge on any atom is 0.295 e. The standard InChI is InChI=1S/C26H29N3O6/c1-5-34-18-11-10-17(15-19(18)35-6-2)23-21(25(31)26(32)29(23)13-14-33-4)24(30)22-16(3)27-20-9-7-8-12-28(20)22/h7-12,15,23,30H,5-6,13-14H2,1-4H3/b24-21+. The van der Waals surface area contributed by atoms with Crippen LogP contribution >= 0.6 is 0 Å². The van der Waals surface area contributed by atoms with E-state index in [9.17, 15) is 14.7 Å². The van der Waals surface area contributed by atoms with Crippen molar-refractivity contribution in [3.63, 3.8) is 0 Å². The smallest absolute Gasteiger partial charge is 0.295 e. The van der Waals surface area contributed by atoms with E-state index in [0.717, 1.165) is 0 Å². The number of imidazole rings is 1. The number of nitrogens with zero attached hydrogens (tertiary/aromatic N) is 3. The third-order valence-corrected chi connectivity index (χ3v) is 5.89. The molecule has 0 saturated carbocycles. The summed E-state index contributed by atoms with van der Waals surface area (Å²) in [7, 11) is 1.53. The maximum atomic E-state index is 13.3. The Bertz CT molecular complexity index is 1300. The molecule has 1 aromatic carbocycles. The van der Waals surface area contributed by atoms with E-state index in [2.05, 4.69) is 4.98 Å². The van der Waals surface area contributed by atoms with E-state index >= 15 is 0 Å². The summed E-state index contributed by atoms with van der Waals surface area (Å²) >= 11 is 0. The Labute approximate surface area is 203 Å². The third-order valence-electron chi connectivity index (χ3n) is 5.89. The fourth-order valence-electron chi connectivity index (χ4n) is 4.41. The van der Waals surface area contributed by atoms with Crippen LogP contribution in [0.3, 0.4) is 0 Å². The van der Waals surface area contributed by atoms with E-state index in [-0.39, 0.29) is 24.5 Å². The molecule has 1 atom stereocenters. The Balaban J connectivity index is 1.93. The second kappa shape index (κ2) is 10.2. The van der Waals surface area contributed by atoms with Gasteiger partial charge in [0.05, 0.1) is 37.1 Å². The molecule has 3 aromatic rings. The van der Waals surface area contributed by atoms with Crippen molar-refractivity contribution in [2.45, 2.75) is 26.8 Å². The molecule has 3 heterocycles. The van der Waals surface area contributed by atoms with Crippen molar-refractivity contribution in [1.82, 2.24) is 14.3 Å². The van der Waals surface area contributed by atoms with Crippen LogP contribution in [-0.2, 0) is 14.3 Å². The zero-order valence-corrected chi connectivity index (χ0v) is 20.3. The van der Waals surface area contributed by atoms with Crippen molar-refractivity contribution in [3.05, 3.63) is 65.1 Å². The van der Waals surface area contributed by atoms with Gasteiger partial charge in [0.25, 0.3) is 11.7 Å². The van der Waals surface area contributed by atoms with E-state index < -0.39 is 17.7 Å². The number of Topliss-reactive ketones (excluding diaryl/α,β-unsaturated/α-hetero) is 1. The number of likely N-dealkylation sites (tertiary alicyclic amines) is 1. The minimum absolute atomic E-state index is 0.00790. The average molecular weight is 480 g/mol. The molecule has 1 aliphatic heterocycles. The highest BCUT2D eigenvalue weighted by Gasteiger charge is 2.46. The second-order valence-corrected chi connectivity index (χ2v) is 8.03. The SMILES string of the molecule is CCOc1ccc(C2/C(=C(\O)c3c(C)nc4ccccn34)C(=O)C(=O)N2CCOC)cc1OCC. The molecule has 2 aromatic heterocycles. The van der Waals surface area contributed by atoms with E-state index in [4.69, 9.17) is 14.2 Å². The number of rotatable bonds is 9. The maximum absolute atomic E-state index is 13.3. The number of pyridine rings is 1. The van der Waals surface area contributed by atoms with Gasteiger partial charge in [0.15, 0.2) is 17.3 Å². The van der Waals surface area contributed by atoms with Crippen LogP contribution in [0.25, 0.3) is 11.4 Å². The highest BCUT2D eigenvalue weighted by molar-refractivity contribution is 6.46. The minimum atomic E-state index is -0.839. The number of methoxy groups -OCH3 is 1. The van der Waals surface area contributed by atoms with E-state index in [1.165, 1.54) is 12.0 Å². The van der Waals surface area contributed by atoms with E-state index in [1.54, 1.807) is 47.9 Å². The van der Waals surface area contributed by atoms with Crippen LogP contribution in [0.5, 0.6) is 11.5 Å². The molecule has 0 bridgehead atoms. The quantitative estimate of drug-likeness (QED) is 0.285. The summed E-state index contributed by atoms with van der Waals surface area (Å²) in [4.78, 5) is 32.3. The summed E-state index contributed by atoms with van der Waals surface area (Å²) in [5, 5.41) is 11.5. The molecule has 0 aliphatic carbocycles. The molecule has 1 N–H and O–H groups in total. The summed E-state index contributed by atoms with van der Waals surface area (Å²) in [6.45, 7) is 6.76. The topological polar surface area (TPSA) is 103 Å². The van der Waals surface area contributed by atoms with Gasteiger partial charge in [-0.3, -0.25) is 14.0 Å². The number of benzene rings is 1. The number of fused-ring (bicyclic) bond motifs is 1. The second-order valence-electron chi connectivity index (χ2n) is 8.03. The van der Waals surface area contributed by atoms with Crippen molar-refractivity contribution in [2.75, 3.05) is 33.5 Å². The Morgan fingerprint density at radius 3 is 2.54 bits per heavy atom. The molecular formula is C26H29N3O6. The van der Waals surface area contributed by atoms with Gasteiger partial charge < -0.3 is 24.2 Å². The molecule has 0 radical (unpaired) electrons. The van der Waals surface area contributed by atoms with Gasteiger partial charge in [-0.15, -0.1) is 0 Å². The first-order chi connectivity index (χ1) is 16.9. The lowest BCUT2D eigenvalue weighted by molar-refractivity contribution is -0.140. The first-order valence-corrected chi connectivity index (χ1v) is 11.5. The van der Waals surface area contributed by atoms with Crippen molar-refractivity contribution >= 4 is 23.1 Å². The molecular weight excluding hydrogens is 450 g/mol. The van der Waals surface area contributed by atoms with Gasteiger partial charge in [0.1, 0.15) is 11.3 Å². The molecule has 1 fully saturated rings. The van der Waals surface area contributed by atoms with Crippen LogP contribution in [-0.4, -0.2) is 64.6 Å². The van der Waals surface area contributed by atoms with Crippen LogP contribution in [0.1, 0.15) is 36.8 Å². The summed E-state index contributed by atoms with van der Waals surface area (Å²) in [6, 6.07) is 9.88. The van der Waals surface area contributed by atoms with Gasteiger partial charge in [-0.05, 0) is 50.6 Å². The molecule has 184 valence electrons. The third kappa shape index (κ3) is 4.35. The monoisotopic (exact) mass is 479 g/mol. The molecule has 9 heteroatoms. The van der Waals surface area contributed by atoms with Gasteiger partial charge >= 0.3 is 0 Å². The molecule has 4 rings (SSSR count). The lowest BCUT2D eigenvalue weighted by Gasteiger charge is -2.26. The summed E-state index contributed by atoms with van der Waals surface area (Å²) in [5.74, 6) is -0.691. The van der Waals surface area contributed by atoms with Crippen LogP contribution in [0, 0.1) is 6.92 Å². The van der Waals surface area contributed by atoms with E-state index in [0.29, 0.717) is 47.3 Å². The number of aryl methyl sites for hydroxylation is 1. The van der Waals surface area contributed by atoms with Crippen molar-refractivity contribution in [3.8, 4) is 11.5 Å². The number of amides is 1. The van der Waals surface area contributed by atoms with Crippen LogP contribution < -0.4 is 9.47 Å². The number of ketones is 1. The number of hydrogen-bond donors (Lipinski definition) is 1. The predicted molar refractivity (Wildman–Crippen MR) is 130 cm³/mol. The van der Waals surface area contributed by atoms with Gasteiger partial charge in [-0.2, -0.15) is 0 Å². The summed E-state index contributed by atoms with van der Waals surface area (Å²) in [5.41, 5.74) is 2.13. The highest BCUT2D eigenvalue weighted by Crippen LogP contribution is 2.42. The number of aliphatic hydroxyl groups is 1. The van der Waals surface area contributed by atoms with Crippen LogP contribution in [0.2, 0.25) is 0 Å². The van der Waals surface area contributed by atoms with Gasteiger partial charge in [0, 0.05) is 19.9 Å². The lowest BCUT2D eigenvalue weighted by atomic mass is 9.96. The minimum Gasteiger partial charge on any atom is -0.505 e. The molecule has 0 spiro atoms. The molecule has 1 amide bonds. The van der Waals surface area contributed by atoms with Crippen molar-refractivity contribution in [1.29, 1.82) is 0 Å². The molecule has 1 unspecified atom stereocenters. The first kappa shape index (κ1) is 24.3. The lowest BCUT2D eigenvalue weighted by Crippen LogP contribution is -2.32. The zero-order chi connectivity index (χ0) is 25.1. The molecule has 1 aliphatic rings. The van der Waals surface area contributed by atoms with Crippen molar-refractivity contribution in [2.24, 2.45) is 0 Å². The molecule has 9 nitrogen and oxygen atoms in total. The fraction of sp³-hybridized carbons (Fsp3) is 0.346. The van der Waals surface area contributed by atoms with E-state index in [1.807, 2.05) is 19.9 Å².